The molecular formula is C20H20ClFN4O4S. The number of carbonyl (C=O) groups is 1. The molecule has 4 rings (SSSR count). The fourth-order valence-electron chi connectivity index (χ4n) is 3.46. The van der Waals surface area contributed by atoms with E-state index in [1.165, 1.54) is 0 Å². The topological polar surface area (TPSA) is 105 Å². The second kappa shape index (κ2) is 8.81. The lowest BCUT2D eigenvalue weighted by Gasteiger charge is -2.23. The van der Waals surface area contributed by atoms with E-state index in [0.717, 1.165) is 43.1 Å². The Balaban J connectivity index is 1.33. The number of amides is 1. The van der Waals surface area contributed by atoms with Gasteiger partial charge in [-0.25, -0.2) is 17.5 Å². The summed E-state index contributed by atoms with van der Waals surface area (Å²) in [6.07, 6.45) is 1.77. The van der Waals surface area contributed by atoms with Gasteiger partial charge in [-0.1, -0.05) is 23.7 Å². The van der Waals surface area contributed by atoms with Gasteiger partial charge in [0.2, 0.25) is 15.9 Å². The molecule has 164 valence electrons. The number of fused-ring (bicyclic) bond motifs is 1. The number of oxazole rings is 1. The number of nitrogens with zero attached hydrogens (tertiary/aromatic N) is 2. The molecule has 0 aliphatic carbocycles. The Morgan fingerprint density at radius 1 is 1.29 bits per heavy atom. The number of aromatic nitrogens is 1. The van der Waals surface area contributed by atoms with Crippen molar-refractivity contribution in [2.45, 2.75) is 23.8 Å². The number of hydrogen-bond donors (Lipinski definition) is 2. The third kappa shape index (κ3) is 4.81. The first kappa shape index (κ1) is 21.5. The van der Waals surface area contributed by atoms with Crippen LogP contribution in [0.15, 0.2) is 51.8 Å². The van der Waals surface area contributed by atoms with Gasteiger partial charge in [-0.05, 0) is 43.2 Å². The normalized spacial score (nSPS) is 16.7. The average molecular weight is 467 g/mol. The van der Waals surface area contributed by atoms with Crippen LogP contribution in [0, 0.1) is 5.82 Å². The highest BCUT2D eigenvalue weighted by molar-refractivity contribution is 7.89. The number of para-hydroxylation sites is 2. The van der Waals surface area contributed by atoms with E-state index in [1.54, 1.807) is 0 Å². The van der Waals surface area contributed by atoms with Crippen LogP contribution >= 0.6 is 11.6 Å². The predicted molar refractivity (Wildman–Crippen MR) is 114 cm³/mol. The SMILES string of the molecule is O=C(CNS(=O)(=O)c1ccc(F)c(Cl)c1)NCC1CCCN1c1nc2ccccc2o1. The Labute approximate surface area is 183 Å². The van der Waals surface area contributed by atoms with E-state index in [9.17, 15) is 17.6 Å². The molecule has 1 saturated heterocycles. The van der Waals surface area contributed by atoms with Crippen LogP contribution in [0.1, 0.15) is 12.8 Å². The van der Waals surface area contributed by atoms with Crippen LogP contribution in [0.4, 0.5) is 10.4 Å². The molecule has 1 aliphatic rings. The number of benzene rings is 2. The van der Waals surface area contributed by atoms with Gasteiger partial charge >= 0.3 is 0 Å². The van der Waals surface area contributed by atoms with Gasteiger partial charge in [0.1, 0.15) is 11.3 Å². The van der Waals surface area contributed by atoms with Crippen molar-refractivity contribution in [1.29, 1.82) is 0 Å². The molecule has 1 atom stereocenters. The third-order valence-corrected chi connectivity index (χ3v) is 6.75. The number of anilines is 1. The molecular weight excluding hydrogens is 447 g/mol. The summed E-state index contributed by atoms with van der Waals surface area (Å²) in [6.45, 7) is 0.625. The standard InChI is InChI=1S/C20H20ClFN4O4S/c21-15-10-14(7-8-16(15)22)31(28,29)24-12-19(27)23-11-13-4-3-9-26(13)20-25-17-5-1-2-6-18(17)30-20/h1-2,5-8,10,13,24H,3-4,9,11-12H2,(H,23,27). The van der Waals surface area contributed by atoms with Gasteiger partial charge in [-0.3, -0.25) is 4.79 Å². The smallest absolute Gasteiger partial charge is 0.298 e. The van der Waals surface area contributed by atoms with Gasteiger partial charge in [0.05, 0.1) is 22.5 Å². The van der Waals surface area contributed by atoms with Crippen molar-refractivity contribution in [3.8, 4) is 0 Å². The first-order valence-corrected chi connectivity index (χ1v) is 11.5. The van der Waals surface area contributed by atoms with Crippen molar-refractivity contribution in [1.82, 2.24) is 15.0 Å². The monoisotopic (exact) mass is 466 g/mol. The summed E-state index contributed by atoms with van der Waals surface area (Å²) in [5.74, 6) is -1.21. The minimum Gasteiger partial charge on any atom is -0.423 e. The molecule has 1 fully saturated rings. The molecule has 1 amide bonds. The zero-order chi connectivity index (χ0) is 22.0. The molecule has 2 N–H and O–H groups in total. The van der Waals surface area contributed by atoms with Gasteiger partial charge < -0.3 is 14.6 Å². The number of carbonyl (C=O) groups excluding carboxylic acids is 1. The molecule has 1 aromatic heterocycles. The summed E-state index contributed by atoms with van der Waals surface area (Å²) in [4.78, 5) is 18.5. The van der Waals surface area contributed by atoms with Crippen LogP contribution < -0.4 is 14.9 Å². The quantitative estimate of drug-likeness (QED) is 0.554. The Morgan fingerprint density at radius 3 is 2.87 bits per heavy atom. The van der Waals surface area contributed by atoms with Crippen LogP contribution in [0.25, 0.3) is 11.1 Å². The van der Waals surface area contributed by atoms with Gasteiger partial charge in [-0.15, -0.1) is 0 Å². The molecule has 2 heterocycles. The van der Waals surface area contributed by atoms with Crippen LogP contribution in [-0.2, 0) is 14.8 Å². The fourth-order valence-corrected chi connectivity index (χ4v) is 4.72. The van der Waals surface area contributed by atoms with Crippen molar-refractivity contribution >= 4 is 44.6 Å². The maximum Gasteiger partial charge on any atom is 0.298 e. The van der Waals surface area contributed by atoms with Crippen LogP contribution in [0.2, 0.25) is 5.02 Å². The Kier molecular flexibility index (Phi) is 6.12. The summed E-state index contributed by atoms with van der Waals surface area (Å²) >= 11 is 5.63. The average Bonchev–Trinajstić information content (AvgIpc) is 3.39. The summed E-state index contributed by atoms with van der Waals surface area (Å²) in [7, 11) is -4.00. The van der Waals surface area contributed by atoms with Crippen LogP contribution in [0.3, 0.4) is 0 Å². The van der Waals surface area contributed by atoms with E-state index in [1.807, 2.05) is 29.2 Å². The van der Waals surface area contributed by atoms with Crippen LogP contribution in [-0.4, -0.2) is 45.0 Å². The second-order valence-corrected chi connectivity index (χ2v) is 9.33. The molecule has 31 heavy (non-hydrogen) atoms. The number of rotatable bonds is 7. The molecule has 1 aliphatic heterocycles. The lowest BCUT2D eigenvalue weighted by molar-refractivity contribution is -0.120. The first-order chi connectivity index (χ1) is 14.8. The molecule has 0 spiro atoms. The van der Waals surface area contributed by atoms with E-state index in [4.69, 9.17) is 16.0 Å². The third-order valence-electron chi connectivity index (χ3n) is 5.06. The zero-order valence-corrected chi connectivity index (χ0v) is 17.9. The second-order valence-electron chi connectivity index (χ2n) is 7.16. The van der Waals surface area contributed by atoms with Crippen molar-refractivity contribution in [3.63, 3.8) is 0 Å². The number of nitrogens with one attached hydrogen (secondary N) is 2. The summed E-state index contributed by atoms with van der Waals surface area (Å²) in [6, 6.07) is 11.0. The van der Waals surface area contributed by atoms with Gasteiger partial charge in [-0.2, -0.15) is 4.98 Å². The Morgan fingerprint density at radius 2 is 2.10 bits per heavy atom. The van der Waals surface area contributed by atoms with E-state index in [-0.39, 0.29) is 16.0 Å². The van der Waals surface area contributed by atoms with Gasteiger partial charge in [0, 0.05) is 13.1 Å². The molecule has 0 saturated carbocycles. The van der Waals surface area contributed by atoms with E-state index in [0.29, 0.717) is 18.1 Å². The predicted octanol–water partition coefficient (Wildman–Crippen LogP) is 2.68. The molecule has 8 nitrogen and oxygen atoms in total. The number of sulfonamides is 1. The molecule has 0 radical (unpaired) electrons. The minimum atomic E-state index is -4.00. The highest BCUT2D eigenvalue weighted by Crippen LogP contribution is 2.28. The van der Waals surface area contributed by atoms with Crippen LogP contribution in [0.5, 0.6) is 0 Å². The maximum absolute atomic E-state index is 13.2. The largest absolute Gasteiger partial charge is 0.423 e. The zero-order valence-electron chi connectivity index (χ0n) is 16.3. The lowest BCUT2D eigenvalue weighted by atomic mass is 10.2. The maximum atomic E-state index is 13.2. The van der Waals surface area contributed by atoms with Gasteiger partial charge in [0.25, 0.3) is 6.01 Å². The highest BCUT2D eigenvalue weighted by Gasteiger charge is 2.29. The molecule has 1 unspecified atom stereocenters. The van der Waals surface area contributed by atoms with E-state index in [2.05, 4.69) is 15.0 Å². The van der Waals surface area contributed by atoms with E-state index < -0.39 is 28.3 Å². The summed E-state index contributed by atoms with van der Waals surface area (Å²) < 4.78 is 45.8. The molecule has 11 heteroatoms. The molecule has 2 aromatic carbocycles. The highest BCUT2D eigenvalue weighted by atomic mass is 35.5. The minimum absolute atomic E-state index is 0.00970. The van der Waals surface area contributed by atoms with Crippen molar-refractivity contribution in [2.75, 3.05) is 24.5 Å². The number of hydrogen-bond acceptors (Lipinski definition) is 6. The molecule has 3 aromatic rings. The molecule has 0 bridgehead atoms. The fraction of sp³-hybridized carbons (Fsp3) is 0.300. The first-order valence-electron chi connectivity index (χ1n) is 9.67. The number of halogens is 2. The Bertz CT molecular complexity index is 1180. The van der Waals surface area contributed by atoms with E-state index >= 15 is 0 Å². The summed E-state index contributed by atoms with van der Waals surface area (Å²) in [5.41, 5.74) is 1.46. The van der Waals surface area contributed by atoms with Crippen molar-refractivity contribution in [3.05, 3.63) is 53.3 Å². The van der Waals surface area contributed by atoms with Crippen molar-refractivity contribution < 1.29 is 22.0 Å². The van der Waals surface area contributed by atoms with Crippen molar-refractivity contribution in [2.24, 2.45) is 0 Å². The van der Waals surface area contributed by atoms with Gasteiger partial charge in [0.15, 0.2) is 5.58 Å². The lowest BCUT2D eigenvalue weighted by Crippen LogP contribution is -2.43. The Hall–Kier alpha value is -2.69. The summed E-state index contributed by atoms with van der Waals surface area (Å²) in [5, 5.41) is 2.43.